The summed E-state index contributed by atoms with van der Waals surface area (Å²) in [6.45, 7) is 0.959. The number of amides is 1. The lowest BCUT2D eigenvalue weighted by Gasteiger charge is -2.34. The van der Waals surface area contributed by atoms with Crippen LogP contribution in [-0.4, -0.2) is 64.7 Å². The largest absolute Gasteiger partial charge is 0.492 e. The van der Waals surface area contributed by atoms with Crippen molar-refractivity contribution in [3.05, 3.63) is 88.7 Å². The van der Waals surface area contributed by atoms with Crippen molar-refractivity contribution >= 4 is 12.1 Å². The van der Waals surface area contributed by atoms with E-state index in [-0.39, 0.29) is 18.7 Å². The minimum Gasteiger partial charge on any atom is -0.492 e. The van der Waals surface area contributed by atoms with Gasteiger partial charge in [0, 0.05) is 17.7 Å². The normalized spacial score (nSPS) is 16.4. The highest BCUT2D eigenvalue weighted by Crippen LogP contribution is 2.50. The number of ether oxygens (including phenoxy) is 3. The van der Waals surface area contributed by atoms with E-state index in [0.717, 1.165) is 35.3 Å². The van der Waals surface area contributed by atoms with Gasteiger partial charge in [0.2, 0.25) is 12.5 Å². The number of hydrogen-bond donors (Lipinski definition) is 1. The Morgan fingerprint density at radius 3 is 2.76 bits per heavy atom. The molecule has 1 amide bonds. The first-order valence-electron chi connectivity index (χ1n) is 12.1. The molecule has 3 heterocycles. The molecule has 0 bridgehead atoms. The first-order chi connectivity index (χ1) is 18.6. The minimum absolute atomic E-state index is 0.157. The lowest BCUT2D eigenvalue weighted by atomic mass is 9.90. The molecule has 1 aromatic heterocycles. The molecule has 2 aliphatic heterocycles. The van der Waals surface area contributed by atoms with Gasteiger partial charge in [-0.3, -0.25) is 9.69 Å². The van der Waals surface area contributed by atoms with Crippen LogP contribution in [0, 0.1) is 0 Å². The van der Waals surface area contributed by atoms with E-state index < -0.39 is 0 Å². The van der Waals surface area contributed by atoms with Crippen LogP contribution < -0.4 is 19.6 Å². The van der Waals surface area contributed by atoms with Crippen LogP contribution in [0.1, 0.15) is 38.9 Å². The Morgan fingerprint density at radius 2 is 1.97 bits per heavy atom. The minimum atomic E-state index is -0.317. The van der Waals surface area contributed by atoms with Crippen LogP contribution in [0.5, 0.6) is 17.2 Å². The first kappa shape index (κ1) is 23.6. The van der Waals surface area contributed by atoms with Crippen molar-refractivity contribution in [3.8, 4) is 22.9 Å². The van der Waals surface area contributed by atoms with Crippen molar-refractivity contribution in [3.63, 3.8) is 0 Å². The summed E-state index contributed by atoms with van der Waals surface area (Å²) in [5.74, 6) is 2.21. The molecule has 0 fully saturated rings. The zero-order chi connectivity index (χ0) is 26.1. The standard InChI is InChI=1S/C27H25N7O4/c1-33-13-12-19-14-21-24(38-16-37-21)25(36-2)22(19)23(33)26-29-31-32-34(26)20-10-8-18(9-11-20)27(35)30-28-15-17-6-4-3-5-7-17/h3-11,14-15,23H,12-13,16H2,1-2H3,(H,30,35)/t23-/m0/s1. The van der Waals surface area contributed by atoms with Gasteiger partial charge in [-0.05, 0) is 65.4 Å². The van der Waals surface area contributed by atoms with Gasteiger partial charge in [0.25, 0.3) is 5.91 Å². The van der Waals surface area contributed by atoms with E-state index in [1.54, 1.807) is 42.3 Å². The molecular formula is C27H25N7O4. The van der Waals surface area contributed by atoms with Gasteiger partial charge in [0.05, 0.1) is 19.0 Å². The van der Waals surface area contributed by atoms with Crippen LogP contribution in [0.25, 0.3) is 5.69 Å². The highest BCUT2D eigenvalue weighted by Gasteiger charge is 2.37. The Labute approximate surface area is 218 Å². The highest BCUT2D eigenvalue weighted by atomic mass is 16.7. The molecule has 11 nitrogen and oxygen atoms in total. The summed E-state index contributed by atoms with van der Waals surface area (Å²) in [6, 6.07) is 18.3. The van der Waals surface area contributed by atoms with Gasteiger partial charge < -0.3 is 14.2 Å². The molecule has 11 heteroatoms. The number of rotatable bonds is 6. The molecule has 0 radical (unpaired) electrons. The van der Waals surface area contributed by atoms with Crippen molar-refractivity contribution in [2.24, 2.45) is 5.10 Å². The monoisotopic (exact) mass is 511 g/mol. The first-order valence-corrected chi connectivity index (χ1v) is 12.1. The number of hydrogen-bond acceptors (Lipinski definition) is 9. The number of aromatic nitrogens is 4. The fourth-order valence-electron chi connectivity index (χ4n) is 4.83. The van der Waals surface area contributed by atoms with E-state index in [2.05, 4.69) is 31.0 Å². The molecule has 0 saturated heterocycles. The molecule has 0 aliphatic carbocycles. The zero-order valence-electron chi connectivity index (χ0n) is 20.9. The van der Waals surface area contributed by atoms with Crippen LogP contribution in [0.3, 0.4) is 0 Å². The highest BCUT2D eigenvalue weighted by molar-refractivity contribution is 5.95. The van der Waals surface area contributed by atoms with Crippen molar-refractivity contribution in [2.45, 2.75) is 12.5 Å². The molecule has 6 rings (SSSR count). The van der Waals surface area contributed by atoms with Crippen molar-refractivity contribution in [1.29, 1.82) is 0 Å². The number of carbonyl (C=O) groups is 1. The fraction of sp³-hybridized carbons (Fsp3) is 0.222. The Bertz CT molecular complexity index is 1500. The molecule has 0 unspecified atom stereocenters. The second kappa shape index (κ2) is 9.94. The third-order valence-corrected chi connectivity index (χ3v) is 6.69. The average molecular weight is 512 g/mol. The van der Waals surface area contributed by atoms with Crippen LogP contribution in [0.4, 0.5) is 0 Å². The van der Waals surface area contributed by atoms with Gasteiger partial charge in [-0.2, -0.15) is 9.78 Å². The topological polar surface area (TPSA) is 116 Å². The molecule has 3 aromatic carbocycles. The van der Waals surface area contributed by atoms with E-state index in [4.69, 9.17) is 14.2 Å². The quantitative estimate of drug-likeness (QED) is 0.310. The number of benzene rings is 3. The Balaban J connectivity index is 1.28. The summed E-state index contributed by atoms with van der Waals surface area (Å²) in [4.78, 5) is 14.8. The Kier molecular flexibility index (Phi) is 6.18. The number of nitrogens with zero attached hydrogens (tertiary/aromatic N) is 6. The number of fused-ring (bicyclic) bond motifs is 2. The SMILES string of the molecule is COc1c2c(cc3c1[C@@H](c1nnnn1-c1ccc(C(=O)NN=Cc4ccccc4)cc1)N(C)CC3)OCO2. The second-order valence-corrected chi connectivity index (χ2v) is 8.96. The third kappa shape index (κ3) is 4.22. The lowest BCUT2D eigenvalue weighted by Crippen LogP contribution is -2.35. The van der Waals surface area contributed by atoms with Crippen LogP contribution in [-0.2, 0) is 6.42 Å². The van der Waals surface area contributed by atoms with E-state index in [1.165, 1.54) is 0 Å². The zero-order valence-corrected chi connectivity index (χ0v) is 20.9. The van der Waals surface area contributed by atoms with Gasteiger partial charge in [0.15, 0.2) is 17.3 Å². The van der Waals surface area contributed by atoms with Crippen molar-refractivity contribution < 1.29 is 19.0 Å². The number of tetrazole rings is 1. The number of nitrogens with one attached hydrogen (secondary N) is 1. The number of carbonyl (C=O) groups excluding carboxylic acids is 1. The van der Waals surface area contributed by atoms with E-state index >= 15 is 0 Å². The number of methoxy groups -OCH3 is 1. The molecule has 2 aliphatic rings. The smallest absolute Gasteiger partial charge is 0.271 e. The Morgan fingerprint density at radius 1 is 1.16 bits per heavy atom. The second-order valence-electron chi connectivity index (χ2n) is 8.96. The molecule has 0 spiro atoms. The predicted molar refractivity (Wildman–Crippen MR) is 138 cm³/mol. The maximum absolute atomic E-state index is 12.6. The molecule has 38 heavy (non-hydrogen) atoms. The van der Waals surface area contributed by atoms with Gasteiger partial charge >= 0.3 is 0 Å². The van der Waals surface area contributed by atoms with Gasteiger partial charge in [-0.15, -0.1) is 5.10 Å². The molecular weight excluding hydrogens is 486 g/mol. The molecule has 1 N–H and O–H groups in total. The molecule has 1 atom stereocenters. The summed E-state index contributed by atoms with van der Waals surface area (Å²) >= 11 is 0. The van der Waals surface area contributed by atoms with Crippen LogP contribution in [0.2, 0.25) is 0 Å². The number of likely N-dealkylation sites (N-methyl/N-ethyl adjacent to an activating group) is 1. The number of hydrazone groups is 1. The van der Waals surface area contributed by atoms with E-state index in [0.29, 0.717) is 28.6 Å². The molecule has 0 saturated carbocycles. The maximum atomic E-state index is 12.6. The van der Waals surface area contributed by atoms with Crippen molar-refractivity contribution in [1.82, 2.24) is 30.5 Å². The predicted octanol–water partition coefficient (Wildman–Crippen LogP) is 2.74. The lowest BCUT2D eigenvalue weighted by molar-refractivity contribution is 0.0955. The third-order valence-electron chi connectivity index (χ3n) is 6.69. The van der Waals surface area contributed by atoms with Crippen molar-refractivity contribution in [2.75, 3.05) is 27.5 Å². The fourth-order valence-corrected chi connectivity index (χ4v) is 4.83. The van der Waals surface area contributed by atoms with Crippen LogP contribution in [0.15, 0.2) is 65.8 Å². The summed E-state index contributed by atoms with van der Waals surface area (Å²) in [5, 5.41) is 16.7. The summed E-state index contributed by atoms with van der Waals surface area (Å²) in [6.07, 6.45) is 2.42. The van der Waals surface area contributed by atoms with E-state index in [1.807, 2.05) is 43.4 Å². The van der Waals surface area contributed by atoms with Crippen LogP contribution >= 0.6 is 0 Å². The summed E-state index contributed by atoms with van der Waals surface area (Å²) in [5.41, 5.74) is 6.68. The summed E-state index contributed by atoms with van der Waals surface area (Å²) < 4.78 is 18.8. The van der Waals surface area contributed by atoms with Gasteiger partial charge in [0.1, 0.15) is 6.04 Å². The van der Waals surface area contributed by atoms with E-state index in [9.17, 15) is 4.79 Å². The molecule has 192 valence electrons. The Hall–Kier alpha value is -4.77. The molecule has 4 aromatic rings. The summed E-state index contributed by atoms with van der Waals surface area (Å²) in [7, 11) is 3.65. The maximum Gasteiger partial charge on any atom is 0.271 e. The van der Waals surface area contributed by atoms with Gasteiger partial charge in [-0.1, -0.05) is 30.3 Å². The van der Waals surface area contributed by atoms with Gasteiger partial charge in [-0.25, -0.2) is 5.43 Å². The average Bonchev–Trinajstić information content (AvgIpc) is 3.62.